The van der Waals surface area contributed by atoms with E-state index in [1.165, 1.54) is 11.8 Å². The lowest BCUT2D eigenvalue weighted by Gasteiger charge is -2.24. The number of carbonyl (C=O) groups excluding carboxylic acids is 2. The molecule has 2 rings (SSSR count). The van der Waals surface area contributed by atoms with Gasteiger partial charge in [0.25, 0.3) is 0 Å². The third kappa shape index (κ3) is 6.30. The maximum Gasteiger partial charge on any atom is 0.240 e. The van der Waals surface area contributed by atoms with Crippen molar-refractivity contribution in [1.29, 1.82) is 0 Å². The molecule has 0 unspecified atom stereocenters. The number of hydrogen-bond donors (Lipinski definition) is 1. The molecular formula is C22H28N2O4. The Hall–Kier alpha value is -3.02. The zero-order valence-corrected chi connectivity index (χ0v) is 16.9. The van der Waals surface area contributed by atoms with Crippen LogP contribution in [0, 0.1) is 0 Å². The summed E-state index contributed by atoms with van der Waals surface area (Å²) in [5, 5.41) is 2.87. The smallest absolute Gasteiger partial charge is 0.240 e. The summed E-state index contributed by atoms with van der Waals surface area (Å²) >= 11 is 0. The Bertz CT molecular complexity index is 805. The van der Waals surface area contributed by atoms with Gasteiger partial charge >= 0.3 is 0 Å². The minimum atomic E-state index is -0.225. The Morgan fingerprint density at radius 1 is 1.11 bits per heavy atom. The van der Waals surface area contributed by atoms with Crippen LogP contribution in [0.4, 0.5) is 5.69 Å². The van der Waals surface area contributed by atoms with Crippen LogP contribution in [-0.4, -0.2) is 38.1 Å². The Morgan fingerprint density at radius 2 is 1.86 bits per heavy atom. The number of methoxy groups -OCH3 is 1. The van der Waals surface area contributed by atoms with E-state index in [1.807, 2.05) is 50.2 Å². The van der Waals surface area contributed by atoms with Gasteiger partial charge in [-0.2, -0.15) is 0 Å². The van der Waals surface area contributed by atoms with Crippen molar-refractivity contribution in [3.8, 4) is 11.5 Å². The van der Waals surface area contributed by atoms with Crippen LogP contribution in [-0.2, 0) is 16.0 Å². The summed E-state index contributed by atoms with van der Waals surface area (Å²) in [7, 11) is 1.62. The van der Waals surface area contributed by atoms with Crippen molar-refractivity contribution in [3.63, 3.8) is 0 Å². The van der Waals surface area contributed by atoms with Gasteiger partial charge in [-0.05, 0) is 50.1 Å². The van der Waals surface area contributed by atoms with Gasteiger partial charge in [-0.15, -0.1) is 0 Å². The fraction of sp³-hybridized carbons (Fsp3) is 0.364. The molecule has 0 bridgehead atoms. The van der Waals surface area contributed by atoms with Gasteiger partial charge in [-0.3, -0.25) is 14.5 Å². The van der Waals surface area contributed by atoms with Crippen LogP contribution in [0.15, 0.2) is 48.5 Å². The summed E-state index contributed by atoms with van der Waals surface area (Å²) < 4.78 is 11.0. The summed E-state index contributed by atoms with van der Waals surface area (Å²) in [5.74, 6) is 0.922. The summed E-state index contributed by atoms with van der Waals surface area (Å²) in [5.41, 5.74) is 1.66. The van der Waals surface area contributed by atoms with Gasteiger partial charge in [-0.25, -0.2) is 0 Å². The largest absolute Gasteiger partial charge is 0.497 e. The standard InChI is InChI=1S/C22H28N2O4/c1-16(2)28-21-11-6-5-10-20(21)24(17(3)25)15-22(26)23-13-12-18-8-7-9-19(14-18)27-4/h5-11,14,16H,12-13,15H2,1-4H3,(H,23,26). The summed E-state index contributed by atoms with van der Waals surface area (Å²) in [6.45, 7) is 5.68. The molecule has 0 spiro atoms. The van der Waals surface area contributed by atoms with Crippen molar-refractivity contribution in [2.45, 2.75) is 33.3 Å². The Balaban J connectivity index is 1.98. The van der Waals surface area contributed by atoms with Crippen molar-refractivity contribution in [2.24, 2.45) is 0 Å². The zero-order chi connectivity index (χ0) is 20.5. The molecule has 2 aromatic carbocycles. The number of carbonyl (C=O) groups is 2. The molecule has 0 saturated carbocycles. The number of amides is 2. The van der Waals surface area contributed by atoms with Crippen molar-refractivity contribution < 1.29 is 19.1 Å². The van der Waals surface area contributed by atoms with Crippen LogP contribution in [0.2, 0.25) is 0 Å². The number of nitrogens with zero attached hydrogens (tertiary/aromatic N) is 1. The van der Waals surface area contributed by atoms with E-state index in [9.17, 15) is 9.59 Å². The van der Waals surface area contributed by atoms with Crippen molar-refractivity contribution in [2.75, 3.05) is 25.1 Å². The maximum absolute atomic E-state index is 12.4. The van der Waals surface area contributed by atoms with Crippen LogP contribution in [0.5, 0.6) is 11.5 Å². The quantitative estimate of drug-likeness (QED) is 0.721. The van der Waals surface area contributed by atoms with Crippen LogP contribution < -0.4 is 19.7 Å². The van der Waals surface area contributed by atoms with E-state index in [0.29, 0.717) is 24.4 Å². The predicted molar refractivity (Wildman–Crippen MR) is 110 cm³/mol. The van der Waals surface area contributed by atoms with Gasteiger partial charge in [0.15, 0.2) is 0 Å². The first-order valence-electron chi connectivity index (χ1n) is 9.34. The highest BCUT2D eigenvalue weighted by Crippen LogP contribution is 2.29. The Morgan fingerprint density at radius 3 is 2.54 bits per heavy atom. The van der Waals surface area contributed by atoms with E-state index in [2.05, 4.69) is 5.32 Å². The van der Waals surface area contributed by atoms with Crippen LogP contribution in [0.25, 0.3) is 0 Å². The molecule has 150 valence electrons. The molecule has 0 radical (unpaired) electrons. The molecule has 0 aliphatic heterocycles. The van der Waals surface area contributed by atoms with Gasteiger partial charge in [0.1, 0.15) is 18.0 Å². The Labute approximate surface area is 166 Å². The monoisotopic (exact) mass is 384 g/mol. The van der Waals surface area contributed by atoms with E-state index in [4.69, 9.17) is 9.47 Å². The zero-order valence-electron chi connectivity index (χ0n) is 16.9. The van der Waals surface area contributed by atoms with Gasteiger partial charge in [0.2, 0.25) is 11.8 Å². The lowest BCUT2D eigenvalue weighted by atomic mass is 10.1. The first-order chi connectivity index (χ1) is 13.4. The molecular weight excluding hydrogens is 356 g/mol. The highest BCUT2D eigenvalue weighted by atomic mass is 16.5. The van der Waals surface area contributed by atoms with E-state index in [1.54, 1.807) is 19.2 Å². The molecule has 0 atom stereocenters. The molecule has 1 N–H and O–H groups in total. The third-order valence-electron chi connectivity index (χ3n) is 4.07. The highest BCUT2D eigenvalue weighted by Gasteiger charge is 2.19. The molecule has 0 aromatic heterocycles. The van der Waals surface area contributed by atoms with Crippen LogP contribution >= 0.6 is 0 Å². The SMILES string of the molecule is COc1cccc(CCNC(=O)CN(C(C)=O)c2ccccc2OC(C)C)c1. The molecule has 2 amide bonds. The van der Waals surface area contributed by atoms with Crippen molar-refractivity contribution >= 4 is 17.5 Å². The number of benzene rings is 2. The van der Waals surface area contributed by atoms with Gasteiger partial charge in [-0.1, -0.05) is 24.3 Å². The van der Waals surface area contributed by atoms with Crippen LogP contribution in [0.1, 0.15) is 26.3 Å². The lowest BCUT2D eigenvalue weighted by Crippen LogP contribution is -2.40. The van der Waals surface area contributed by atoms with E-state index in [-0.39, 0.29) is 24.5 Å². The number of para-hydroxylation sites is 2. The number of ether oxygens (including phenoxy) is 2. The van der Waals surface area contributed by atoms with Crippen molar-refractivity contribution in [3.05, 3.63) is 54.1 Å². The number of rotatable bonds is 9. The molecule has 6 heteroatoms. The molecule has 6 nitrogen and oxygen atoms in total. The highest BCUT2D eigenvalue weighted by molar-refractivity contribution is 5.98. The molecule has 0 heterocycles. The fourth-order valence-corrected chi connectivity index (χ4v) is 2.77. The molecule has 0 aliphatic carbocycles. The average Bonchev–Trinajstić information content (AvgIpc) is 2.66. The van der Waals surface area contributed by atoms with Gasteiger partial charge in [0.05, 0.1) is 18.9 Å². The molecule has 0 aliphatic rings. The number of nitrogens with one attached hydrogen (secondary N) is 1. The first kappa shape index (κ1) is 21.3. The first-order valence-corrected chi connectivity index (χ1v) is 9.34. The fourth-order valence-electron chi connectivity index (χ4n) is 2.77. The van der Waals surface area contributed by atoms with E-state index < -0.39 is 0 Å². The normalized spacial score (nSPS) is 10.5. The topological polar surface area (TPSA) is 67.9 Å². The minimum absolute atomic E-state index is 0.0355. The van der Waals surface area contributed by atoms with E-state index >= 15 is 0 Å². The lowest BCUT2D eigenvalue weighted by molar-refractivity contribution is -0.123. The number of anilines is 1. The van der Waals surface area contributed by atoms with Gasteiger partial charge in [0, 0.05) is 13.5 Å². The summed E-state index contributed by atoms with van der Waals surface area (Å²) in [6.07, 6.45) is 0.641. The molecule has 2 aromatic rings. The number of hydrogen-bond acceptors (Lipinski definition) is 4. The van der Waals surface area contributed by atoms with Gasteiger partial charge < -0.3 is 14.8 Å². The third-order valence-corrected chi connectivity index (χ3v) is 4.07. The van der Waals surface area contributed by atoms with Crippen LogP contribution in [0.3, 0.4) is 0 Å². The summed E-state index contributed by atoms with van der Waals surface area (Å²) in [4.78, 5) is 26.0. The minimum Gasteiger partial charge on any atom is -0.497 e. The Kier molecular flexibility index (Phi) is 7.87. The molecule has 0 saturated heterocycles. The molecule has 0 fully saturated rings. The van der Waals surface area contributed by atoms with E-state index in [0.717, 1.165) is 11.3 Å². The average molecular weight is 384 g/mol. The summed E-state index contributed by atoms with van der Waals surface area (Å²) in [6, 6.07) is 15.0. The molecule has 28 heavy (non-hydrogen) atoms. The second-order valence-corrected chi connectivity index (χ2v) is 6.69. The predicted octanol–water partition coefficient (Wildman–Crippen LogP) is 3.19. The second-order valence-electron chi connectivity index (χ2n) is 6.69. The van der Waals surface area contributed by atoms with Crippen molar-refractivity contribution in [1.82, 2.24) is 5.32 Å². The second kappa shape index (κ2) is 10.3. The maximum atomic E-state index is 12.4.